The Hall–Kier alpha value is -1.64. The minimum absolute atomic E-state index is 0.318. The molecule has 2 aromatic heterocycles. The summed E-state index contributed by atoms with van der Waals surface area (Å²) in [7, 11) is 0. The second kappa shape index (κ2) is 2.20. The molecule has 0 bridgehead atoms. The largest absolute Gasteiger partial charge is 0.452 e. The van der Waals surface area contributed by atoms with Crippen LogP contribution in [0.25, 0.3) is 11.1 Å². The Kier molecular flexibility index (Phi) is 1.22. The SMILES string of the molecule is O=Cc1cc2ncccc2o1. The lowest BCUT2D eigenvalue weighted by atomic mass is 10.4. The van der Waals surface area contributed by atoms with Gasteiger partial charge in [0.15, 0.2) is 17.6 Å². The molecule has 2 aromatic rings. The van der Waals surface area contributed by atoms with Gasteiger partial charge in [-0.25, -0.2) is 0 Å². The smallest absolute Gasteiger partial charge is 0.185 e. The van der Waals surface area contributed by atoms with E-state index < -0.39 is 0 Å². The highest BCUT2D eigenvalue weighted by molar-refractivity contribution is 5.81. The maximum absolute atomic E-state index is 10.3. The molecule has 0 aromatic carbocycles. The van der Waals surface area contributed by atoms with Gasteiger partial charge in [-0.15, -0.1) is 0 Å². The van der Waals surface area contributed by atoms with E-state index in [0.717, 1.165) is 5.52 Å². The van der Waals surface area contributed by atoms with E-state index in [1.807, 2.05) is 0 Å². The quantitative estimate of drug-likeness (QED) is 0.576. The lowest BCUT2D eigenvalue weighted by Crippen LogP contribution is -1.67. The zero-order valence-corrected chi connectivity index (χ0v) is 5.65. The van der Waals surface area contributed by atoms with Crippen molar-refractivity contribution in [2.24, 2.45) is 0 Å². The minimum Gasteiger partial charge on any atom is -0.452 e. The Labute approximate surface area is 62.7 Å². The highest BCUT2D eigenvalue weighted by atomic mass is 16.3. The Morgan fingerprint density at radius 2 is 2.45 bits per heavy atom. The number of pyridine rings is 1. The Bertz CT molecular complexity index is 359. The summed E-state index contributed by atoms with van der Waals surface area (Å²) in [6.45, 7) is 0. The molecule has 2 rings (SSSR count). The molecule has 0 aliphatic rings. The number of hydrogen-bond donors (Lipinski definition) is 0. The van der Waals surface area contributed by atoms with Crippen LogP contribution in [-0.4, -0.2) is 11.3 Å². The first-order valence-corrected chi connectivity index (χ1v) is 3.20. The van der Waals surface area contributed by atoms with Crippen LogP contribution in [0.15, 0.2) is 28.8 Å². The zero-order chi connectivity index (χ0) is 7.68. The van der Waals surface area contributed by atoms with Crippen molar-refractivity contribution in [3.63, 3.8) is 0 Å². The fraction of sp³-hybridized carbons (Fsp3) is 0. The number of rotatable bonds is 1. The molecule has 3 heteroatoms. The van der Waals surface area contributed by atoms with E-state index >= 15 is 0 Å². The van der Waals surface area contributed by atoms with Crippen molar-refractivity contribution in [3.05, 3.63) is 30.2 Å². The maximum Gasteiger partial charge on any atom is 0.185 e. The number of aromatic nitrogens is 1. The number of nitrogens with zero attached hydrogens (tertiary/aromatic N) is 1. The van der Waals surface area contributed by atoms with Crippen LogP contribution in [0.5, 0.6) is 0 Å². The van der Waals surface area contributed by atoms with Gasteiger partial charge in [-0.2, -0.15) is 0 Å². The minimum atomic E-state index is 0.318. The molecule has 0 spiro atoms. The van der Waals surface area contributed by atoms with Crippen LogP contribution in [0.3, 0.4) is 0 Å². The molecule has 0 fully saturated rings. The molecular formula is C8H5NO2. The van der Waals surface area contributed by atoms with Gasteiger partial charge in [-0.3, -0.25) is 9.78 Å². The van der Waals surface area contributed by atoms with E-state index in [9.17, 15) is 4.79 Å². The number of fused-ring (bicyclic) bond motifs is 1. The Morgan fingerprint density at radius 1 is 1.55 bits per heavy atom. The van der Waals surface area contributed by atoms with Crippen molar-refractivity contribution < 1.29 is 9.21 Å². The molecular weight excluding hydrogens is 142 g/mol. The highest BCUT2D eigenvalue weighted by Gasteiger charge is 2.00. The molecule has 0 radical (unpaired) electrons. The highest BCUT2D eigenvalue weighted by Crippen LogP contribution is 2.14. The summed E-state index contributed by atoms with van der Waals surface area (Å²) < 4.78 is 5.09. The standard InChI is InChI=1S/C8H5NO2/c10-5-6-4-7-8(11-6)2-1-3-9-7/h1-5H. The first-order chi connectivity index (χ1) is 5.40. The van der Waals surface area contributed by atoms with E-state index in [2.05, 4.69) is 4.98 Å². The average Bonchev–Trinajstić information content (AvgIpc) is 2.46. The Morgan fingerprint density at radius 3 is 3.18 bits per heavy atom. The molecule has 0 atom stereocenters. The normalized spacial score (nSPS) is 10.2. The Balaban J connectivity index is 2.78. The van der Waals surface area contributed by atoms with Crippen molar-refractivity contribution in [2.75, 3.05) is 0 Å². The maximum atomic E-state index is 10.3. The van der Waals surface area contributed by atoms with Crippen molar-refractivity contribution in [3.8, 4) is 0 Å². The van der Waals surface area contributed by atoms with E-state index in [0.29, 0.717) is 17.6 Å². The van der Waals surface area contributed by atoms with Gasteiger partial charge in [0.1, 0.15) is 5.52 Å². The fourth-order valence-corrected chi connectivity index (χ4v) is 0.947. The first-order valence-electron chi connectivity index (χ1n) is 3.20. The van der Waals surface area contributed by atoms with Gasteiger partial charge in [0.25, 0.3) is 0 Å². The molecule has 0 aliphatic carbocycles. The van der Waals surface area contributed by atoms with Crippen molar-refractivity contribution in [1.29, 1.82) is 0 Å². The summed E-state index contributed by atoms with van der Waals surface area (Å²) in [6, 6.07) is 5.15. The number of hydrogen-bond acceptors (Lipinski definition) is 3. The van der Waals surface area contributed by atoms with Crippen LogP contribution < -0.4 is 0 Å². The van der Waals surface area contributed by atoms with E-state index in [-0.39, 0.29) is 0 Å². The van der Waals surface area contributed by atoms with Gasteiger partial charge in [0.2, 0.25) is 0 Å². The molecule has 0 N–H and O–H groups in total. The summed E-state index contributed by atoms with van der Waals surface area (Å²) in [4.78, 5) is 14.3. The van der Waals surface area contributed by atoms with Crippen LogP contribution in [0, 0.1) is 0 Å². The summed E-state index contributed by atoms with van der Waals surface area (Å²) in [5, 5.41) is 0. The third-order valence-corrected chi connectivity index (χ3v) is 1.42. The topological polar surface area (TPSA) is 43.1 Å². The number of carbonyl (C=O) groups excluding carboxylic acids is 1. The summed E-state index contributed by atoms with van der Waals surface area (Å²) in [6.07, 6.45) is 2.33. The molecule has 0 saturated carbocycles. The van der Waals surface area contributed by atoms with Crippen LogP contribution >= 0.6 is 0 Å². The summed E-state index contributed by atoms with van der Waals surface area (Å²) >= 11 is 0. The first kappa shape index (κ1) is 6.09. The molecule has 0 saturated heterocycles. The van der Waals surface area contributed by atoms with Gasteiger partial charge < -0.3 is 4.42 Å². The molecule has 0 aliphatic heterocycles. The van der Waals surface area contributed by atoms with Crippen LogP contribution in [-0.2, 0) is 0 Å². The third kappa shape index (κ3) is 0.902. The molecule has 54 valence electrons. The lowest BCUT2D eigenvalue weighted by molar-refractivity contribution is 0.110. The molecule has 3 nitrogen and oxygen atoms in total. The average molecular weight is 147 g/mol. The zero-order valence-electron chi connectivity index (χ0n) is 5.65. The summed E-state index contributed by atoms with van der Waals surface area (Å²) in [5.74, 6) is 0.318. The molecule has 0 unspecified atom stereocenters. The fourth-order valence-electron chi connectivity index (χ4n) is 0.947. The predicted molar refractivity (Wildman–Crippen MR) is 39.4 cm³/mol. The second-order valence-corrected chi connectivity index (χ2v) is 2.15. The van der Waals surface area contributed by atoms with Gasteiger partial charge >= 0.3 is 0 Å². The van der Waals surface area contributed by atoms with Crippen molar-refractivity contribution in [1.82, 2.24) is 4.98 Å². The van der Waals surface area contributed by atoms with Crippen LogP contribution in [0.1, 0.15) is 10.6 Å². The molecule has 0 amide bonds. The van der Waals surface area contributed by atoms with Gasteiger partial charge in [0, 0.05) is 12.3 Å². The summed E-state index contributed by atoms with van der Waals surface area (Å²) in [5.41, 5.74) is 1.37. The number of aldehydes is 1. The van der Waals surface area contributed by atoms with Crippen molar-refractivity contribution >= 4 is 17.4 Å². The molecule has 2 heterocycles. The van der Waals surface area contributed by atoms with Gasteiger partial charge in [0.05, 0.1) is 0 Å². The van der Waals surface area contributed by atoms with E-state index in [4.69, 9.17) is 4.42 Å². The monoisotopic (exact) mass is 147 g/mol. The number of furan rings is 1. The predicted octanol–water partition coefficient (Wildman–Crippen LogP) is 1.64. The third-order valence-electron chi connectivity index (χ3n) is 1.42. The van der Waals surface area contributed by atoms with Crippen molar-refractivity contribution in [2.45, 2.75) is 0 Å². The number of carbonyl (C=O) groups is 1. The van der Waals surface area contributed by atoms with E-state index in [1.54, 1.807) is 24.4 Å². The van der Waals surface area contributed by atoms with Crippen LogP contribution in [0.2, 0.25) is 0 Å². The van der Waals surface area contributed by atoms with Gasteiger partial charge in [-0.1, -0.05) is 0 Å². The molecule has 11 heavy (non-hydrogen) atoms. The second-order valence-electron chi connectivity index (χ2n) is 2.15. The van der Waals surface area contributed by atoms with E-state index in [1.165, 1.54) is 0 Å². The van der Waals surface area contributed by atoms with Crippen LogP contribution in [0.4, 0.5) is 0 Å². The lowest BCUT2D eigenvalue weighted by Gasteiger charge is -1.81. The van der Waals surface area contributed by atoms with Gasteiger partial charge in [-0.05, 0) is 12.1 Å².